The van der Waals surface area contributed by atoms with Gasteiger partial charge in [-0.05, 0) is 67.2 Å². The van der Waals surface area contributed by atoms with E-state index in [0.29, 0.717) is 131 Å². The molecule has 0 spiro atoms. The quantitative estimate of drug-likeness (QED) is 0.0144. The number of carbonyl (C=O) groups excluding carboxylic acids is 7. The smallest absolute Gasteiger partial charge is 1.00 e. The first-order chi connectivity index (χ1) is 55.5. The third-order valence-electron chi connectivity index (χ3n) is 18.0. The fourth-order valence-corrected chi connectivity index (χ4v) is 11.5. The van der Waals surface area contributed by atoms with Crippen molar-refractivity contribution in [1.82, 2.24) is 40.9 Å². The van der Waals surface area contributed by atoms with E-state index in [4.69, 9.17) is 78.1 Å². The Balaban J connectivity index is 0.00000143. The van der Waals surface area contributed by atoms with Crippen LogP contribution in [-0.4, -0.2) is 309 Å². The van der Waals surface area contributed by atoms with Crippen LogP contribution in [0.2, 0.25) is 0 Å². The normalized spacial score (nSPS) is 18.9. The molecule has 662 valence electrons. The van der Waals surface area contributed by atoms with Crippen LogP contribution in [0.3, 0.4) is 0 Å². The number of aldehydes is 1. The van der Waals surface area contributed by atoms with Gasteiger partial charge in [0.05, 0.1) is 110 Å². The number of benzene rings is 4. The zero-order valence-electron chi connectivity index (χ0n) is 69.3. The molecule has 6 aliphatic heterocycles. The third-order valence-corrected chi connectivity index (χ3v) is 18.0. The van der Waals surface area contributed by atoms with E-state index in [1.807, 2.05) is 155 Å². The van der Waals surface area contributed by atoms with Gasteiger partial charge in [0, 0.05) is 71.6 Å². The fraction of sp³-hybridized carbons (Fsp3) is 0.573. The van der Waals surface area contributed by atoms with Gasteiger partial charge >= 0.3 is 81.4 Å². The summed E-state index contributed by atoms with van der Waals surface area (Å²) in [5.74, 6) is -4.24. The second-order valence-corrected chi connectivity index (χ2v) is 30.0. The van der Waals surface area contributed by atoms with Gasteiger partial charge in [0.15, 0.2) is 11.6 Å². The molecule has 8 atom stereocenters. The Morgan fingerprint density at radius 2 is 0.723 bits per heavy atom. The van der Waals surface area contributed by atoms with Crippen LogP contribution in [0.4, 0.5) is 13.2 Å². The molecule has 6 saturated heterocycles. The number of aliphatic carboxylic acids is 4. The van der Waals surface area contributed by atoms with Gasteiger partial charge in [0.2, 0.25) is 29.9 Å². The molecule has 0 bridgehead atoms. The number of ketones is 2. The summed E-state index contributed by atoms with van der Waals surface area (Å²) >= 11 is 9.53. The van der Waals surface area contributed by atoms with Crippen molar-refractivity contribution >= 4 is 88.6 Å². The van der Waals surface area contributed by atoms with Crippen molar-refractivity contribution in [2.24, 2.45) is 23.3 Å². The van der Waals surface area contributed by atoms with Crippen LogP contribution in [0.1, 0.15) is 85.5 Å². The molecule has 4 amide bonds. The number of nitrogens with one attached hydrogen (secondary N) is 4. The van der Waals surface area contributed by atoms with E-state index in [9.17, 15) is 71.3 Å². The molecule has 6 heterocycles. The number of hydrogen-bond acceptors (Lipinski definition) is 23. The second kappa shape index (κ2) is 60.6. The second-order valence-electron chi connectivity index (χ2n) is 29.1. The van der Waals surface area contributed by atoms with Crippen molar-refractivity contribution in [2.75, 3.05) is 150 Å². The number of halogens is 5. The van der Waals surface area contributed by atoms with E-state index < -0.39 is 77.8 Å². The summed E-state index contributed by atoms with van der Waals surface area (Å²) in [5.41, 5.74) is 13.4. The molecule has 6 aliphatic rings. The molecule has 0 saturated carbocycles. The number of nitrogens with zero attached hydrogens (tertiary/aromatic N) is 4. The van der Waals surface area contributed by atoms with Crippen LogP contribution in [0.25, 0.3) is 0 Å². The molecule has 0 radical (unpaired) electrons. The van der Waals surface area contributed by atoms with Gasteiger partial charge in [-0.3, -0.25) is 62.8 Å². The predicted octanol–water partition coefficient (Wildman–Crippen LogP) is 1.88. The summed E-state index contributed by atoms with van der Waals surface area (Å²) in [5, 5.41) is 46.6. The predicted molar refractivity (Wildman–Crippen MR) is 438 cm³/mol. The monoisotopic (exact) mass is 1750 g/mol. The van der Waals surface area contributed by atoms with Crippen LogP contribution in [-0.2, 0) is 107 Å². The number of epoxide rings is 2. The molecular formula is C82H122Cl2F3KN10O21. The Bertz CT molecular complexity index is 3510. The Labute approximate surface area is 749 Å². The van der Waals surface area contributed by atoms with Gasteiger partial charge in [-0.25, -0.2) is 9.59 Å². The first-order valence-electron chi connectivity index (χ1n) is 38.5. The zero-order valence-corrected chi connectivity index (χ0v) is 72.9. The van der Waals surface area contributed by atoms with Gasteiger partial charge in [-0.2, -0.15) is 13.2 Å². The summed E-state index contributed by atoms with van der Waals surface area (Å²) in [6.45, 7) is 24.0. The van der Waals surface area contributed by atoms with Crippen molar-refractivity contribution in [3.8, 4) is 0 Å². The molecule has 0 aliphatic carbocycles. The molecular weight excluding hydrogens is 1630 g/mol. The van der Waals surface area contributed by atoms with Crippen molar-refractivity contribution in [1.29, 1.82) is 0 Å². The SMILES string of the molecule is C.CC(C)C[C@H](N)C(=O)[C@@]1(C)CO1.CC(C)C[C@H](NC(=O)[C@H](Cc1ccccc1)NC(=O)CN1CCOCC1)C(=O)[C@@]1(C)CO1.ClCCl.N[C@@H](Cc1ccccc1)C(=O)O.O=C(CN1CCOCC1)N[C@@H](Cc1ccccc1)C(=O)O.O=C(CN1CCOCC1)N[C@@H](Cc1ccccc1)C(=O)O.O=C(O)CN1CCOCC1.O=CC(F)(F)F.[H-].[K+]. The van der Waals surface area contributed by atoms with Gasteiger partial charge < -0.3 is 83.0 Å². The van der Waals surface area contributed by atoms with E-state index in [1.165, 1.54) is 0 Å². The van der Waals surface area contributed by atoms with E-state index in [2.05, 4.69) is 35.1 Å². The maximum Gasteiger partial charge on any atom is 1.00 e. The number of carbonyl (C=O) groups is 11. The fourth-order valence-electron chi connectivity index (χ4n) is 11.5. The largest absolute Gasteiger partial charge is 1.00 e. The van der Waals surface area contributed by atoms with Crippen LogP contribution in [0, 0.1) is 11.8 Å². The number of rotatable bonds is 32. The Morgan fingerprint density at radius 1 is 0.454 bits per heavy atom. The Kier molecular flexibility index (Phi) is 56.2. The molecule has 119 heavy (non-hydrogen) atoms. The van der Waals surface area contributed by atoms with Crippen molar-refractivity contribution in [3.05, 3.63) is 144 Å². The van der Waals surface area contributed by atoms with Crippen LogP contribution >= 0.6 is 23.2 Å². The molecule has 37 heteroatoms. The van der Waals surface area contributed by atoms with E-state index in [-0.39, 0.29) is 152 Å². The van der Waals surface area contributed by atoms with Crippen molar-refractivity contribution in [2.45, 2.75) is 141 Å². The number of carboxylic acid groups (broad SMARTS) is 4. The van der Waals surface area contributed by atoms with E-state index in [0.717, 1.165) is 41.8 Å². The molecule has 10 rings (SSSR count). The summed E-state index contributed by atoms with van der Waals surface area (Å²) in [4.78, 5) is 134. The maximum atomic E-state index is 13.3. The number of carboxylic acids is 4. The topological polar surface area (TPSA) is 444 Å². The van der Waals surface area contributed by atoms with Crippen molar-refractivity contribution in [3.63, 3.8) is 0 Å². The third kappa shape index (κ3) is 50.4. The van der Waals surface area contributed by atoms with Gasteiger partial charge in [0.25, 0.3) is 0 Å². The molecule has 0 aromatic heterocycles. The van der Waals surface area contributed by atoms with Gasteiger partial charge in [0.1, 0.15) is 35.4 Å². The number of ether oxygens (including phenoxy) is 6. The number of alkyl halides is 5. The average Bonchev–Trinajstić information content (AvgIpc) is 1.65. The zero-order chi connectivity index (χ0) is 86.9. The average molecular weight is 1750 g/mol. The molecule has 6 fully saturated rings. The summed E-state index contributed by atoms with van der Waals surface area (Å²) < 4.78 is 62.4. The van der Waals surface area contributed by atoms with Crippen LogP contribution in [0.15, 0.2) is 121 Å². The summed E-state index contributed by atoms with van der Waals surface area (Å²) in [6, 6.07) is 33.1. The molecule has 0 unspecified atom stereocenters. The summed E-state index contributed by atoms with van der Waals surface area (Å²) in [6.07, 6.45) is -3.14. The van der Waals surface area contributed by atoms with Crippen molar-refractivity contribution < 1.29 is 168 Å². The van der Waals surface area contributed by atoms with Crippen LogP contribution < -0.4 is 84.1 Å². The Hall–Kier alpha value is -6.82. The minimum atomic E-state index is -4.64. The first-order valence-corrected chi connectivity index (χ1v) is 39.5. The van der Waals surface area contributed by atoms with Gasteiger partial charge in [-0.15, -0.1) is 23.2 Å². The minimum Gasteiger partial charge on any atom is -1.00 e. The number of morpholine rings is 4. The molecule has 12 N–H and O–H groups in total. The Morgan fingerprint density at radius 3 is 0.983 bits per heavy atom. The van der Waals surface area contributed by atoms with E-state index >= 15 is 0 Å². The molecule has 4 aromatic rings. The number of hydrogen-bond donors (Lipinski definition) is 10. The molecule has 4 aromatic carbocycles. The van der Waals surface area contributed by atoms with Gasteiger partial charge in [-0.1, -0.05) is 156 Å². The van der Waals surface area contributed by atoms with E-state index in [1.54, 1.807) is 13.8 Å². The minimum absolute atomic E-state index is 0. The number of nitrogens with two attached hydrogens (primary N) is 2. The standard InChI is InChI=1S/C24H35N3O5.2C15H20N2O4.C9H17NO2.C9H11NO2.C6H11NO3.C2HF3O.CH2Cl2.CH4.K.H/c1-17(2)13-19(22(29)24(3)16-32-24)26-23(30)20(14-18-7-5-4-6-8-18)25-21(28)15-27-9-11-31-12-10-27;2*18-14(11-17-6-8-21-9-7-17)16-13(15(19)20)10-12-4-2-1-3-5-12;1-6(2)4-7(10)8(11)9(3)5-12-9;10-8(9(11)12)6-7-4-2-1-3-5-7;8-6(9)5-7-1-3-10-4-2-7;3-2(4,5)1-6;2-1-3;;;/h4-8,17,19-20H,9-16H2,1-3H3,(H,25,28)(H,26,30);2*1-5,13H,6-11H2,(H,16,18)(H,19,20);6-7H,4-5,10H2,1-3H3;1-5,8H,6,10H2,(H,11,12);1-5H2,(H,8,9);1H;1H2;1H4;;/q;;;;;;;;;+1;-1/t19-,20-,24+;2*13-;7-,9+;8-;;;;;;/m00000....../s1. The maximum absolute atomic E-state index is 13.3. The number of amides is 4. The first kappa shape index (κ1) is 110. The summed E-state index contributed by atoms with van der Waals surface area (Å²) in [7, 11) is 0. The van der Waals surface area contributed by atoms with Crippen LogP contribution in [0.5, 0.6) is 0 Å². The number of Topliss-reactive ketones (excluding diaryl/α,β-unsaturated/α-hetero) is 2. The molecule has 31 nitrogen and oxygen atoms in total.